The largest absolute Gasteiger partial charge is 0.480 e. The molecule has 2 heterocycles. The Morgan fingerprint density at radius 3 is 2.58 bits per heavy atom. The number of likely N-dealkylation sites (tertiary alicyclic amines) is 1. The number of piperidine rings is 1. The first-order valence-electron chi connectivity index (χ1n) is 13.5. The Morgan fingerprint density at radius 1 is 1.20 bits per heavy atom. The molecule has 4 rings (SSSR count). The predicted octanol–water partition coefficient (Wildman–Crippen LogP) is 4.41. The van der Waals surface area contributed by atoms with E-state index in [1.54, 1.807) is 17.0 Å². The van der Waals surface area contributed by atoms with Gasteiger partial charge in [0.1, 0.15) is 14.1 Å². The SMILES string of the molecule is C[Si](C)(C)C#Cc1cc(C[C@@H](NC(=O)N2CCC(N3CCc4ccccc4NC3=O)CC2)C(=O)O)cc(Cl)c1N. The molecule has 0 radical (unpaired) electrons. The molecule has 0 spiro atoms. The number of aliphatic carboxylic acids is 1. The molecule has 2 aliphatic heterocycles. The van der Waals surface area contributed by atoms with Crippen LogP contribution in [0.15, 0.2) is 36.4 Å². The van der Waals surface area contributed by atoms with E-state index < -0.39 is 26.1 Å². The van der Waals surface area contributed by atoms with Crippen LogP contribution in [-0.2, 0) is 17.6 Å². The van der Waals surface area contributed by atoms with E-state index in [9.17, 15) is 19.5 Å². The van der Waals surface area contributed by atoms with Crippen molar-refractivity contribution in [1.82, 2.24) is 15.1 Å². The van der Waals surface area contributed by atoms with Gasteiger partial charge in [-0.2, -0.15) is 0 Å². The zero-order valence-electron chi connectivity index (χ0n) is 23.1. The predicted molar refractivity (Wildman–Crippen MR) is 160 cm³/mol. The molecule has 1 saturated heterocycles. The van der Waals surface area contributed by atoms with E-state index in [2.05, 4.69) is 41.7 Å². The summed E-state index contributed by atoms with van der Waals surface area (Å²) in [7, 11) is -1.67. The number of nitrogen functional groups attached to an aromatic ring is 1. The van der Waals surface area contributed by atoms with Gasteiger partial charge in [-0.25, -0.2) is 14.4 Å². The molecule has 0 bridgehead atoms. The summed E-state index contributed by atoms with van der Waals surface area (Å²) in [5, 5.41) is 15.8. The fourth-order valence-corrected chi connectivity index (χ4v) is 5.70. The smallest absolute Gasteiger partial charge is 0.326 e. The van der Waals surface area contributed by atoms with Gasteiger partial charge in [-0.05, 0) is 48.6 Å². The molecule has 2 aliphatic rings. The van der Waals surface area contributed by atoms with Crippen molar-refractivity contribution in [2.75, 3.05) is 30.7 Å². The minimum absolute atomic E-state index is 0.00115. The molecular weight excluding hydrogens is 546 g/mol. The number of para-hydroxylation sites is 1. The molecule has 212 valence electrons. The number of benzene rings is 2. The van der Waals surface area contributed by atoms with Gasteiger partial charge < -0.3 is 31.3 Å². The van der Waals surface area contributed by atoms with E-state index in [1.807, 2.05) is 29.2 Å². The second-order valence-corrected chi connectivity index (χ2v) is 16.5. The van der Waals surface area contributed by atoms with Gasteiger partial charge in [-0.3, -0.25) is 0 Å². The Kier molecular flexibility index (Phi) is 8.96. The van der Waals surface area contributed by atoms with E-state index in [0.717, 1.165) is 17.7 Å². The number of amides is 4. The van der Waals surface area contributed by atoms with Crippen LogP contribution in [0, 0.1) is 11.5 Å². The molecule has 0 aromatic heterocycles. The van der Waals surface area contributed by atoms with Crippen molar-refractivity contribution in [2.24, 2.45) is 0 Å². The van der Waals surface area contributed by atoms with E-state index in [0.29, 0.717) is 54.3 Å². The second kappa shape index (κ2) is 12.2. The molecule has 11 heteroatoms. The maximum atomic E-state index is 13.0. The van der Waals surface area contributed by atoms with Crippen LogP contribution in [0.1, 0.15) is 29.5 Å². The minimum Gasteiger partial charge on any atom is -0.480 e. The maximum absolute atomic E-state index is 13.0. The number of fused-ring (bicyclic) bond motifs is 1. The molecule has 5 N–H and O–H groups in total. The van der Waals surface area contributed by atoms with E-state index >= 15 is 0 Å². The maximum Gasteiger partial charge on any atom is 0.326 e. The highest BCUT2D eigenvalue weighted by atomic mass is 35.5. The number of hydrogen-bond acceptors (Lipinski definition) is 4. The number of anilines is 2. The number of rotatable bonds is 5. The molecule has 1 atom stereocenters. The average Bonchev–Trinajstić information content (AvgIpc) is 3.07. The number of hydrogen-bond donors (Lipinski definition) is 4. The van der Waals surface area contributed by atoms with Crippen LogP contribution in [0.3, 0.4) is 0 Å². The summed E-state index contributed by atoms with van der Waals surface area (Å²) in [6.07, 6.45) is 2.02. The van der Waals surface area contributed by atoms with Crippen molar-refractivity contribution < 1.29 is 19.5 Å². The monoisotopic (exact) mass is 581 g/mol. The van der Waals surface area contributed by atoms with Gasteiger partial charge in [0, 0.05) is 43.3 Å². The van der Waals surface area contributed by atoms with Crippen molar-refractivity contribution >= 4 is 49.1 Å². The number of nitrogens with two attached hydrogens (primary N) is 1. The summed E-state index contributed by atoms with van der Waals surface area (Å²) in [5.74, 6) is 1.95. The van der Waals surface area contributed by atoms with Crippen molar-refractivity contribution in [1.29, 1.82) is 0 Å². The summed E-state index contributed by atoms with van der Waals surface area (Å²) < 4.78 is 0. The Hall–Kier alpha value is -3.68. The van der Waals surface area contributed by atoms with Gasteiger partial charge in [-0.15, -0.1) is 5.54 Å². The molecule has 9 nitrogen and oxygen atoms in total. The van der Waals surface area contributed by atoms with E-state index in [1.165, 1.54) is 0 Å². The van der Waals surface area contributed by atoms with E-state index in [4.69, 9.17) is 17.3 Å². The molecule has 2 aromatic rings. The summed E-state index contributed by atoms with van der Waals surface area (Å²) >= 11 is 6.33. The lowest BCUT2D eigenvalue weighted by molar-refractivity contribution is -0.139. The summed E-state index contributed by atoms with van der Waals surface area (Å²) in [6, 6.07) is 9.42. The second-order valence-electron chi connectivity index (χ2n) is 11.3. The fourth-order valence-electron chi connectivity index (χ4n) is 4.94. The third-order valence-corrected chi connectivity index (χ3v) is 8.32. The normalized spacial score (nSPS) is 16.6. The first-order chi connectivity index (χ1) is 18.9. The highest BCUT2D eigenvalue weighted by Crippen LogP contribution is 2.26. The molecule has 2 aromatic carbocycles. The summed E-state index contributed by atoms with van der Waals surface area (Å²) in [6.45, 7) is 7.79. The Bertz CT molecular complexity index is 1360. The van der Waals surface area contributed by atoms with Crippen molar-refractivity contribution in [3.05, 3.63) is 58.1 Å². The first kappa shape index (κ1) is 29.3. The average molecular weight is 582 g/mol. The van der Waals surface area contributed by atoms with Gasteiger partial charge in [0.15, 0.2) is 0 Å². The molecule has 0 unspecified atom stereocenters. The Morgan fingerprint density at radius 2 is 1.90 bits per heavy atom. The number of carbonyl (C=O) groups is 3. The number of halogens is 1. The number of nitrogens with one attached hydrogen (secondary N) is 2. The van der Waals surface area contributed by atoms with Crippen LogP contribution in [0.2, 0.25) is 24.7 Å². The summed E-state index contributed by atoms with van der Waals surface area (Å²) in [4.78, 5) is 41.5. The number of carboxylic acids is 1. The van der Waals surface area contributed by atoms with Crippen molar-refractivity contribution in [3.8, 4) is 11.5 Å². The zero-order chi connectivity index (χ0) is 29.0. The Labute approximate surface area is 241 Å². The third kappa shape index (κ3) is 7.28. The van der Waals surface area contributed by atoms with Crippen LogP contribution in [0.25, 0.3) is 0 Å². The van der Waals surface area contributed by atoms with Gasteiger partial charge in [0.25, 0.3) is 0 Å². The van der Waals surface area contributed by atoms with Gasteiger partial charge >= 0.3 is 18.0 Å². The van der Waals surface area contributed by atoms with Crippen LogP contribution < -0.4 is 16.4 Å². The highest BCUT2D eigenvalue weighted by molar-refractivity contribution is 6.83. The fraction of sp³-hybridized carbons (Fsp3) is 0.414. The summed E-state index contributed by atoms with van der Waals surface area (Å²) in [5.41, 5.74) is 12.8. The van der Waals surface area contributed by atoms with Crippen molar-refractivity contribution in [2.45, 2.75) is 57.4 Å². The lowest BCUT2D eigenvalue weighted by atomic mass is 10.0. The molecule has 1 fully saturated rings. The molecule has 0 saturated carbocycles. The van der Waals surface area contributed by atoms with Gasteiger partial charge in [-0.1, -0.05) is 55.4 Å². The molecule has 0 aliphatic carbocycles. The van der Waals surface area contributed by atoms with Gasteiger partial charge in [0.05, 0.1) is 10.7 Å². The lowest BCUT2D eigenvalue weighted by Gasteiger charge is -2.38. The molecular formula is C29H36ClN5O4Si. The molecule has 4 amide bonds. The minimum atomic E-state index is -1.67. The van der Waals surface area contributed by atoms with Crippen LogP contribution in [-0.4, -0.2) is 72.7 Å². The topological polar surface area (TPSA) is 128 Å². The lowest BCUT2D eigenvalue weighted by Crippen LogP contribution is -2.54. The quantitative estimate of drug-likeness (QED) is 0.236. The highest BCUT2D eigenvalue weighted by Gasteiger charge is 2.32. The zero-order valence-corrected chi connectivity index (χ0v) is 24.8. The number of carbonyl (C=O) groups excluding carboxylic acids is 2. The number of urea groups is 2. The number of nitrogens with zero attached hydrogens (tertiary/aromatic N) is 2. The molecule has 40 heavy (non-hydrogen) atoms. The Balaban J connectivity index is 1.37. The van der Waals surface area contributed by atoms with Gasteiger partial charge in [0.2, 0.25) is 0 Å². The van der Waals surface area contributed by atoms with E-state index in [-0.39, 0.29) is 18.5 Å². The number of carboxylic acid groups (broad SMARTS) is 1. The third-order valence-electron chi connectivity index (χ3n) is 7.13. The standard InChI is InChI=1S/C29H36ClN5O4Si/c1-40(2,3)15-11-21-16-19(17-23(30)26(21)31)18-25(27(36)37)33-28(38)34-12-9-22(10-13-34)35-14-8-20-6-4-5-7-24(20)32-29(35)39/h4-7,16-17,22,25H,8-10,12-14,18,31H2,1-3H3,(H,32,39)(H,33,38)(H,36,37)/t25-/m1/s1. The van der Waals surface area contributed by atoms with Crippen LogP contribution in [0.5, 0.6) is 0 Å². The van der Waals surface area contributed by atoms with Crippen LogP contribution >= 0.6 is 11.6 Å². The van der Waals surface area contributed by atoms with Crippen molar-refractivity contribution in [3.63, 3.8) is 0 Å². The first-order valence-corrected chi connectivity index (χ1v) is 17.3. The van der Waals surface area contributed by atoms with Crippen LogP contribution in [0.4, 0.5) is 21.0 Å².